The van der Waals surface area contributed by atoms with E-state index in [9.17, 15) is 18.0 Å². The number of aromatic nitrogens is 1. The van der Waals surface area contributed by atoms with Crippen molar-refractivity contribution < 1.29 is 22.7 Å². The van der Waals surface area contributed by atoms with Crippen LogP contribution in [0.1, 0.15) is 25.1 Å². The van der Waals surface area contributed by atoms with Crippen molar-refractivity contribution in [3.8, 4) is 0 Å². The molecule has 7 heteroatoms. The van der Waals surface area contributed by atoms with Crippen LogP contribution in [0.2, 0.25) is 0 Å². The van der Waals surface area contributed by atoms with E-state index in [-0.39, 0.29) is 0 Å². The van der Waals surface area contributed by atoms with Gasteiger partial charge >= 0.3 is 12.1 Å². The van der Waals surface area contributed by atoms with Gasteiger partial charge in [-0.25, -0.2) is 4.79 Å². The molecule has 0 aliphatic rings. The molecule has 1 rings (SSSR count). The number of rotatable bonds is 3. The van der Waals surface area contributed by atoms with Crippen LogP contribution in [0.4, 0.5) is 13.2 Å². The van der Waals surface area contributed by atoms with Crippen LogP contribution in [0.15, 0.2) is 23.3 Å². The fourth-order valence-electron chi connectivity index (χ4n) is 1.19. The van der Waals surface area contributed by atoms with E-state index < -0.39 is 23.4 Å². The number of pyridine rings is 1. The molecule has 1 aromatic heterocycles. The van der Waals surface area contributed by atoms with Gasteiger partial charge in [0, 0.05) is 18.0 Å². The smallest absolute Gasteiger partial charge is 0.433 e. The summed E-state index contributed by atoms with van der Waals surface area (Å²) in [5.41, 5.74) is -1.71. The van der Waals surface area contributed by atoms with Crippen molar-refractivity contribution in [3.63, 3.8) is 0 Å². The molecule has 0 aliphatic heterocycles. The molecule has 104 valence electrons. The van der Waals surface area contributed by atoms with E-state index in [0.29, 0.717) is 5.56 Å². The molecule has 0 spiro atoms. The topological polar surface area (TPSA) is 51.5 Å². The summed E-state index contributed by atoms with van der Waals surface area (Å²) in [5, 5.41) is 0. The van der Waals surface area contributed by atoms with Crippen LogP contribution in [0, 0.1) is 0 Å². The number of carbonyl (C=O) groups is 1. The first-order valence-electron chi connectivity index (χ1n) is 5.34. The fourth-order valence-corrected chi connectivity index (χ4v) is 1.19. The predicted molar refractivity (Wildman–Crippen MR) is 62.9 cm³/mol. The molecule has 0 fully saturated rings. The quantitative estimate of drug-likeness (QED) is 0.628. The lowest BCUT2D eigenvalue weighted by molar-refractivity contribution is -0.145. The van der Waals surface area contributed by atoms with Crippen molar-refractivity contribution >= 4 is 12.2 Å². The summed E-state index contributed by atoms with van der Waals surface area (Å²) in [6, 6.07) is 2.08. The number of alkyl halides is 3. The molecule has 19 heavy (non-hydrogen) atoms. The lowest BCUT2D eigenvalue weighted by Crippen LogP contribution is -2.30. The van der Waals surface area contributed by atoms with Gasteiger partial charge in [-0.15, -0.1) is 0 Å². The van der Waals surface area contributed by atoms with E-state index in [1.54, 1.807) is 0 Å². The SMILES string of the molecule is COC(=O)C(C)(C)N=Cc1ccc(C(F)(F)F)nc1. The molecule has 0 unspecified atom stereocenters. The van der Waals surface area contributed by atoms with Crippen molar-refractivity contribution in [2.45, 2.75) is 25.6 Å². The average Bonchev–Trinajstić information content (AvgIpc) is 2.35. The summed E-state index contributed by atoms with van der Waals surface area (Å²) in [7, 11) is 1.24. The zero-order valence-electron chi connectivity index (χ0n) is 10.7. The lowest BCUT2D eigenvalue weighted by Gasteiger charge is -2.15. The number of methoxy groups -OCH3 is 1. The van der Waals surface area contributed by atoms with E-state index in [2.05, 4.69) is 14.7 Å². The molecule has 0 saturated carbocycles. The fraction of sp³-hybridized carbons (Fsp3) is 0.417. The summed E-state index contributed by atoms with van der Waals surface area (Å²) < 4.78 is 41.4. The van der Waals surface area contributed by atoms with E-state index in [1.165, 1.54) is 33.2 Å². The summed E-state index contributed by atoms with van der Waals surface area (Å²) >= 11 is 0. The Balaban J connectivity index is 2.87. The number of hydrogen-bond donors (Lipinski definition) is 0. The van der Waals surface area contributed by atoms with Crippen molar-refractivity contribution in [1.29, 1.82) is 0 Å². The number of nitrogens with zero attached hydrogens (tertiary/aromatic N) is 2. The number of esters is 1. The van der Waals surface area contributed by atoms with Crippen molar-refractivity contribution in [1.82, 2.24) is 4.98 Å². The third-order valence-electron chi connectivity index (χ3n) is 2.30. The van der Waals surface area contributed by atoms with Crippen LogP contribution in [0.3, 0.4) is 0 Å². The van der Waals surface area contributed by atoms with Crippen molar-refractivity contribution in [2.75, 3.05) is 7.11 Å². The molecule has 0 aromatic carbocycles. The Morgan fingerprint density at radius 2 is 2.00 bits per heavy atom. The van der Waals surface area contributed by atoms with Crippen LogP contribution in [0.5, 0.6) is 0 Å². The van der Waals surface area contributed by atoms with Gasteiger partial charge in [0.2, 0.25) is 0 Å². The average molecular weight is 274 g/mol. The maximum Gasteiger partial charge on any atom is 0.433 e. The Morgan fingerprint density at radius 3 is 2.42 bits per heavy atom. The van der Waals surface area contributed by atoms with Gasteiger partial charge in [-0.3, -0.25) is 9.98 Å². The second-order valence-electron chi connectivity index (χ2n) is 4.28. The Labute approximate surface area is 108 Å². The summed E-state index contributed by atoms with van der Waals surface area (Å²) in [6.45, 7) is 3.07. The Bertz CT molecular complexity index is 479. The first kappa shape index (κ1) is 15.1. The highest BCUT2D eigenvalue weighted by Gasteiger charge is 2.32. The highest BCUT2D eigenvalue weighted by molar-refractivity contribution is 5.86. The van der Waals surface area contributed by atoms with E-state index >= 15 is 0 Å². The van der Waals surface area contributed by atoms with E-state index in [4.69, 9.17) is 0 Å². The number of carbonyl (C=O) groups excluding carboxylic acids is 1. The van der Waals surface area contributed by atoms with Gasteiger partial charge in [-0.2, -0.15) is 13.2 Å². The second kappa shape index (κ2) is 5.38. The first-order chi connectivity index (χ1) is 8.66. The third kappa shape index (κ3) is 4.04. The first-order valence-corrected chi connectivity index (χ1v) is 5.34. The van der Waals surface area contributed by atoms with Gasteiger partial charge < -0.3 is 4.74 Å². The molecular weight excluding hydrogens is 261 g/mol. The summed E-state index contributed by atoms with van der Waals surface area (Å²) in [5.74, 6) is -0.538. The van der Waals surface area contributed by atoms with Crippen LogP contribution < -0.4 is 0 Å². The highest BCUT2D eigenvalue weighted by atomic mass is 19.4. The number of aliphatic imine (C=N–C) groups is 1. The lowest BCUT2D eigenvalue weighted by atomic mass is 10.1. The van der Waals surface area contributed by atoms with Gasteiger partial charge in [0.1, 0.15) is 5.69 Å². The third-order valence-corrected chi connectivity index (χ3v) is 2.30. The number of hydrogen-bond acceptors (Lipinski definition) is 4. The summed E-state index contributed by atoms with van der Waals surface area (Å²) in [4.78, 5) is 18.6. The zero-order valence-corrected chi connectivity index (χ0v) is 10.7. The molecule has 0 atom stereocenters. The maximum absolute atomic E-state index is 12.3. The van der Waals surface area contributed by atoms with Crippen LogP contribution in [0.25, 0.3) is 0 Å². The monoisotopic (exact) mass is 274 g/mol. The molecule has 0 bridgehead atoms. The minimum atomic E-state index is -4.47. The summed E-state index contributed by atoms with van der Waals surface area (Å²) in [6.07, 6.45) is -2.15. The normalized spacial score (nSPS) is 12.7. The second-order valence-corrected chi connectivity index (χ2v) is 4.28. The molecule has 4 nitrogen and oxygen atoms in total. The van der Waals surface area contributed by atoms with Gasteiger partial charge in [-0.1, -0.05) is 0 Å². The van der Waals surface area contributed by atoms with Crippen LogP contribution >= 0.6 is 0 Å². The molecule has 0 aliphatic carbocycles. The molecule has 0 amide bonds. The van der Waals surface area contributed by atoms with Gasteiger partial charge in [0.05, 0.1) is 7.11 Å². The van der Waals surface area contributed by atoms with Crippen LogP contribution in [-0.2, 0) is 15.7 Å². The number of ether oxygens (including phenoxy) is 1. The Kier molecular flexibility index (Phi) is 4.28. The molecule has 0 radical (unpaired) electrons. The van der Waals surface area contributed by atoms with Crippen molar-refractivity contribution in [3.05, 3.63) is 29.6 Å². The Morgan fingerprint density at radius 1 is 1.37 bits per heavy atom. The molecule has 1 aromatic rings. The van der Waals surface area contributed by atoms with Crippen LogP contribution in [-0.4, -0.2) is 29.8 Å². The largest absolute Gasteiger partial charge is 0.467 e. The van der Waals surface area contributed by atoms with Gasteiger partial charge in [-0.05, 0) is 26.0 Å². The van der Waals surface area contributed by atoms with Gasteiger partial charge in [0.15, 0.2) is 5.54 Å². The van der Waals surface area contributed by atoms with Crippen molar-refractivity contribution in [2.24, 2.45) is 4.99 Å². The highest BCUT2D eigenvalue weighted by Crippen LogP contribution is 2.27. The van der Waals surface area contributed by atoms with E-state index in [0.717, 1.165) is 12.3 Å². The molecular formula is C12H13F3N2O2. The maximum atomic E-state index is 12.3. The molecule has 1 heterocycles. The standard InChI is InChI=1S/C12H13F3N2O2/c1-11(2,10(18)19-3)17-7-8-4-5-9(16-6-8)12(13,14)15/h4-7H,1-3H3. The van der Waals surface area contributed by atoms with Gasteiger partial charge in [0.25, 0.3) is 0 Å². The minimum absolute atomic E-state index is 0.366. The Hall–Kier alpha value is -1.92. The zero-order chi connectivity index (χ0) is 14.7. The van der Waals surface area contributed by atoms with E-state index in [1.807, 2.05) is 0 Å². The number of halogens is 3. The predicted octanol–water partition coefficient (Wildman–Crippen LogP) is 2.47. The molecule has 0 N–H and O–H groups in total. The minimum Gasteiger partial charge on any atom is -0.467 e. The molecule has 0 saturated heterocycles.